The Morgan fingerprint density at radius 1 is 0.871 bits per heavy atom. The van der Waals surface area contributed by atoms with Crippen molar-refractivity contribution >= 4 is 11.6 Å². The lowest BCUT2D eigenvalue weighted by atomic mass is 9.78. The van der Waals surface area contributed by atoms with Crippen LogP contribution in [0.1, 0.15) is 29.2 Å². The number of rotatable bonds is 7. The molecule has 0 saturated heterocycles. The van der Waals surface area contributed by atoms with Gasteiger partial charge in [-0.05, 0) is 61.6 Å². The first-order valence-corrected chi connectivity index (χ1v) is 10.6. The minimum Gasteiger partial charge on any atom is -0.493 e. The molecule has 0 radical (unpaired) electrons. The Kier molecular flexibility index (Phi) is 5.73. The van der Waals surface area contributed by atoms with Crippen LogP contribution in [-0.2, 0) is 23.1 Å². The van der Waals surface area contributed by atoms with Crippen LogP contribution in [0.4, 0.5) is 5.69 Å². The van der Waals surface area contributed by atoms with E-state index in [0.29, 0.717) is 24.5 Å². The molecule has 3 aromatic carbocycles. The predicted molar refractivity (Wildman–Crippen MR) is 124 cm³/mol. The van der Waals surface area contributed by atoms with Crippen molar-refractivity contribution in [1.82, 2.24) is 0 Å². The van der Waals surface area contributed by atoms with Gasteiger partial charge in [-0.2, -0.15) is 0 Å². The third-order valence-corrected chi connectivity index (χ3v) is 6.23. The summed E-state index contributed by atoms with van der Waals surface area (Å²) < 4.78 is 10.8. The van der Waals surface area contributed by atoms with Gasteiger partial charge < -0.3 is 14.4 Å². The predicted octanol–water partition coefficient (Wildman–Crippen LogP) is 5.10. The fraction of sp³-hybridized carbons (Fsp3) is 0.296. The van der Waals surface area contributed by atoms with Crippen molar-refractivity contribution in [3.63, 3.8) is 0 Å². The molecule has 31 heavy (non-hydrogen) atoms. The zero-order valence-electron chi connectivity index (χ0n) is 18.6. The lowest BCUT2D eigenvalue weighted by Gasteiger charge is -2.25. The number of carbonyl (C=O) groups excluding carboxylic acids is 1. The minimum atomic E-state index is -0.627. The molecule has 0 aromatic heterocycles. The SMILES string of the molecule is COc1ccc(CC2(C)C(=O)N(CCc3ccccc3)c3ccc(C)cc32)cc1OC. The number of fused-ring (bicyclic) bond motifs is 1. The van der Waals surface area contributed by atoms with Gasteiger partial charge in [0.05, 0.1) is 19.6 Å². The molecule has 3 aromatic rings. The lowest BCUT2D eigenvalue weighted by Crippen LogP contribution is -2.40. The Hall–Kier alpha value is -3.27. The molecule has 4 heteroatoms. The molecule has 4 nitrogen and oxygen atoms in total. The molecular weight excluding hydrogens is 386 g/mol. The third-order valence-electron chi connectivity index (χ3n) is 6.23. The quantitative estimate of drug-likeness (QED) is 0.539. The summed E-state index contributed by atoms with van der Waals surface area (Å²) >= 11 is 0. The fourth-order valence-corrected chi connectivity index (χ4v) is 4.53. The number of ether oxygens (including phenoxy) is 2. The van der Waals surface area contributed by atoms with Gasteiger partial charge in [-0.15, -0.1) is 0 Å². The van der Waals surface area contributed by atoms with E-state index in [2.05, 4.69) is 44.2 Å². The Morgan fingerprint density at radius 3 is 2.32 bits per heavy atom. The number of methoxy groups -OCH3 is 2. The van der Waals surface area contributed by atoms with Crippen molar-refractivity contribution in [2.24, 2.45) is 0 Å². The number of aryl methyl sites for hydroxylation is 1. The number of amides is 1. The molecule has 1 atom stereocenters. The standard InChI is InChI=1S/C27H29NO3/c1-19-10-12-23-22(16-19)27(2,18-21-11-13-24(30-3)25(17-21)31-4)26(29)28(23)15-14-20-8-6-5-7-9-20/h5-13,16-17H,14-15,18H2,1-4H3. The van der Waals surface area contributed by atoms with Gasteiger partial charge in [0.15, 0.2) is 11.5 Å². The van der Waals surface area contributed by atoms with Gasteiger partial charge >= 0.3 is 0 Å². The Bertz CT molecular complexity index is 1090. The number of anilines is 1. The van der Waals surface area contributed by atoms with Gasteiger partial charge in [-0.3, -0.25) is 4.79 Å². The average Bonchev–Trinajstić information content (AvgIpc) is 2.99. The molecule has 4 rings (SSSR count). The maximum absolute atomic E-state index is 13.8. The van der Waals surface area contributed by atoms with Gasteiger partial charge in [0.25, 0.3) is 0 Å². The number of benzene rings is 3. The normalized spacial score (nSPS) is 17.5. The molecule has 0 saturated carbocycles. The van der Waals surface area contributed by atoms with Gasteiger partial charge in [0, 0.05) is 12.2 Å². The lowest BCUT2D eigenvalue weighted by molar-refractivity contribution is -0.122. The van der Waals surface area contributed by atoms with Crippen molar-refractivity contribution in [3.8, 4) is 11.5 Å². The zero-order valence-corrected chi connectivity index (χ0v) is 18.6. The molecule has 0 spiro atoms. The summed E-state index contributed by atoms with van der Waals surface area (Å²) in [6, 6.07) is 22.6. The van der Waals surface area contributed by atoms with E-state index in [1.54, 1.807) is 14.2 Å². The van der Waals surface area contributed by atoms with Crippen molar-refractivity contribution < 1.29 is 14.3 Å². The highest BCUT2D eigenvalue weighted by Crippen LogP contribution is 2.45. The molecule has 0 fully saturated rings. The van der Waals surface area contributed by atoms with Crippen molar-refractivity contribution in [2.45, 2.75) is 32.1 Å². The molecule has 1 heterocycles. The highest BCUT2D eigenvalue weighted by molar-refractivity contribution is 6.08. The summed E-state index contributed by atoms with van der Waals surface area (Å²) in [5.74, 6) is 1.52. The molecule has 0 aliphatic carbocycles. The van der Waals surface area contributed by atoms with E-state index in [9.17, 15) is 4.79 Å². The second-order valence-electron chi connectivity index (χ2n) is 8.41. The van der Waals surface area contributed by atoms with Crippen molar-refractivity contribution in [1.29, 1.82) is 0 Å². The molecule has 0 bridgehead atoms. The van der Waals surface area contributed by atoms with E-state index in [1.165, 1.54) is 5.56 Å². The molecule has 1 amide bonds. The van der Waals surface area contributed by atoms with Crippen LogP contribution < -0.4 is 14.4 Å². The zero-order chi connectivity index (χ0) is 22.0. The van der Waals surface area contributed by atoms with Gasteiger partial charge in [-0.1, -0.05) is 54.1 Å². The third kappa shape index (κ3) is 3.90. The summed E-state index contributed by atoms with van der Waals surface area (Å²) in [7, 11) is 3.26. The van der Waals surface area contributed by atoms with Crippen LogP contribution in [-0.4, -0.2) is 26.7 Å². The number of nitrogens with zero attached hydrogens (tertiary/aromatic N) is 1. The van der Waals surface area contributed by atoms with E-state index in [0.717, 1.165) is 28.8 Å². The van der Waals surface area contributed by atoms with E-state index in [-0.39, 0.29) is 5.91 Å². The van der Waals surface area contributed by atoms with Crippen LogP contribution in [0.25, 0.3) is 0 Å². The van der Waals surface area contributed by atoms with Crippen molar-refractivity contribution in [3.05, 3.63) is 89.0 Å². The summed E-state index contributed by atoms with van der Waals surface area (Å²) in [6.07, 6.45) is 1.43. The summed E-state index contributed by atoms with van der Waals surface area (Å²) in [5, 5.41) is 0. The van der Waals surface area contributed by atoms with Crippen LogP contribution in [0.2, 0.25) is 0 Å². The second-order valence-corrected chi connectivity index (χ2v) is 8.41. The minimum absolute atomic E-state index is 0.152. The smallest absolute Gasteiger partial charge is 0.237 e. The molecule has 1 aliphatic rings. The number of hydrogen-bond acceptors (Lipinski definition) is 3. The molecule has 1 unspecified atom stereocenters. The second kappa shape index (κ2) is 8.46. The first-order chi connectivity index (χ1) is 15.0. The average molecular weight is 416 g/mol. The van der Waals surface area contributed by atoms with Crippen LogP contribution >= 0.6 is 0 Å². The molecule has 160 valence electrons. The fourth-order valence-electron chi connectivity index (χ4n) is 4.53. The van der Waals surface area contributed by atoms with E-state index >= 15 is 0 Å². The van der Waals surface area contributed by atoms with E-state index < -0.39 is 5.41 Å². The largest absolute Gasteiger partial charge is 0.493 e. The first kappa shape index (κ1) is 21.0. The molecular formula is C27H29NO3. The molecule has 1 aliphatic heterocycles. The van der Waals surface area contributed by atoms with Crippen LogP contribution in [0.5, 0.6) is 11.5 Å². The summed E-state index contributed by atoms with van der Waals surface area (Å²) in [4.78, 5) is 15.7. The Balaban J connectivity index is 1.67. The first-order valence-electron chi connectivity index (χ1n) is 10.6. The van der Waals surface area contributed by atoms with Gasteiger partial charge in [0.2, 0.25) is 5.91 Å². The molecule has 0 N–H and O–H groups in total. The van der Waals surface area contributed by atoms with Crippen LogP contribution in [0, 0.1) is 6.92 Å². The van der Waals surface area contributed by atoms with Gasteiger partial charge in [-0.25, -0.2) is 0 Å². The van der Waals surface area contributed by atoms with E-state index in [4.69, 9.17) is 9.47 Å². The Labute approximate surface area is 184 Å². The van der Waals surface area contributed by atoms with Crippen molar-refractivity contribution in [2.75, 3.05) is 25.7 Å². The van der Waals surface area contributed by atoms with Crippen LogP contribution in [0.15, 0.2) is 66.7 Å². The Morgan fingerprint density at radius 2 is 1.61 bits per heavy atom. The highest BCUT2D eigenvalue weighted by Gasteiger charge is 2.47. The summed E-state index contributed by atoms with van der Waals surface area (Å²) in [5.41, 5.74) is 4.94. The highest BCUT2D eigenvalue weighted by atomic mass is 16.5. The maximum atomic E-state index is 13.8. The number of carbonyl (C=O) groups is 1. The van der Waals surface area contributed by atoms with E-state index in [1.807, 2.05) is 41.3 Å². The van der Waals surface area contributed by atoms with Crippen LogP contribution in [0.3, 0.4) is 0 Å². The maximum Gasteiger partial charge on any atom is 0.237 e. The monoisotopic (exact) mass is 415 g/mol. The number of hydrogen-bond donors (Lipinski definition) is 0. The van der Waals surface area contributed by atoms with Gasteiger partial charge in [0.1, 0.15) is 0 Å². The summed E-state index contributed by atoms with van der Waals surface area (Å²) in [6.45, 7) is 4.81. The topological polar surface area (TPSA) is 38.8 Å².